The summed E-state index contributed by atoms with van der Waals surface area (Å²) in [5.74, 6) is -15.2. The van der Waals surface area contributed by atoms with Gasteiger partial charge in [0.25, 0.3) is 6.08 Å². The Labute approximate surface area is 135 Å². The SMILES string of the molecule is FC(F)=CC/C(=C(/c1c(F)c(F)c(F)c(F)c1F)C(F)(F)F)C(F)(F)F. The van der Waals surface area contributed by atoms with Crippen molar-refractivity contribution in [3.8, 4) is 0 Å². The van der Waals surface area contributed by atoms with Gasteiger partial charge in [0, 0.05) is 6.42 Å². The van der Waals surface area contributed by atoms with Gasteiger partial charge >= 0.3 is 12.4 Å². The van der Waals surface area contributed by atoms with Crippen LogP contribution < -0.4 is 0 Å². The van der Waals surface area contributed by atoms with Crippen molar-refractivity contribution in [3.63, 3.8) is 0 Å². The topological polar surface area (TPSA) is 0 Å². The third kappa shape index (κ3) is 4.30. The van der Waals surface area contributed by atoms with E-state index in [-0.39, 0.29) is 0 Å². The first-order chi connectivity index (χ1) is 11.6. The summed E-state index contributed by atoms with van der Waals surface area (Å²) in [7, 11) is 0. The van der Waals surface area contributed by atoms with Gasteiger partial charge in [-0.05, 0) is 6.08 Å². The smallest absolute Gasteiger partial charge is 0.203 e. The first kappa shape index (κ1) is 21.8. The standard InChI is InChI=1S/C13H3F13/c14-4(15)2-1-3(12(21,22)23)6(13(24,25)26)5-7(16)9(18)11(20)10(19)8(5)17/h2H,1H2/b6-3+. The maximum absolute atomic E-state index is 13.5. The van der Waals surface area contributed by atoms with E-state index in [4.69, 9.17) is 0 Å². The molecule has 1 aromatic rings. The van der Waals surface area contributed by atoms with Crippen molar-refractivity contribution in [1.82, 2.24) is 0 Å². The molecule has 0 atom stereocenters. The van der Waals surface area contributed by atoms with Crippen LogP contribution in [0.5, 0.6) is 0 Å². The van der Waals surface area contributed by atoms with Crippen LogP contribution in [0.2, 0.25) is 0 Å². The lowest BCUT2D eigenvalue weighted by atomic mass is 9.95. The van der Waals surface area contributed by atoms with Crippen molar-refractivity contribution in [2.24, 2.45) is 0 Å². The van der Waals surface area contributed by atoms with Crippen molar-refractivity contribution < 1.29 is 57.1 Å². The predicted molar refractivity (Wildman–Crippen MR) is 60.2 cm³/mol. The van der Waals surface area contributed by atoms with Gasteiger partial charge in [0.2, 0.25) is 5.82 Å². The molecule has 0 fully saturated rings. The molecule has 0 N–H and O–H groups in total. The average molecular weight is 406 g/mol. The number of halogens is 13. The van der Waals surface area contributed by atoms with E-state index in [1.807, 2.05) is 0 Å². The summed E-state index contributed by atoms with van der Waals surface area (Å²) in [5, 5.41) is 0. The predicted octanol–water partition coefficient (Wildman–Crippen LogP) is 6.43. The zero-order valence-electron chi connectivity index (χ0n) is 11.7. The lowest BCUT2D eigenvalue weighted by Gasteiger charge is -2.21. The minimum absolute atomic E-state index is 0.666. The first-order valence-electron chi connectivity index (χ1n) is 6.01. The van der Waals surface area contributed by atoms with Crippen LogP contribution >= 0.6 is 0 Å². The van der Waals surface area contributed by atoms with E-state index in [9.17, 15) is 57.1 Å². The number of rotatable bonds is 3. The molecule has 13 heteroatoms. The minimum Gasteiger partial charge on any atom is -0.203 e. The molecule has 0 aromatic heterocycles. The number of hydrogen-bond donors (Lipinski definition) is 0. The number of allylic oxidation sites excluding steroid dienone is 3. The van der Waals surface area contributed by atoms with Crippen LogP contribution in [0.1, 0.15) is 12.0 Å². The molecular formula is C13H3F13. The molecule has 0 saturated carbocycles. The third-order valence-electron chi connectivity index (χ3n) is 2.85. The lowest BCUT2D eigenvalue weighted by Crippen LogP contribution is -2.24. The number of alkyl halides is 6. The highest BCUT2D eigenvalue weighted by molar-refractivity contribution is 5.74. The molecule has 1 rings (SSSR count). The molecule has 26 heavy (non-hydrogen) atoms. The second-order valence-corrected chi connectivity index (χ2v) is 4.49. The van der Waals surface area contributed by atoms with Crippen molar-refractivity contribution >= 4 is 5.57 Å². The summed E-state index contributed by atoms with van der Waals surface area (Å²) in [6.45, 7) is 0. The van der Waals surface area contributed by atoms with Crippen LogP contribution in [0, 0.1) is 29.1 Å². The maximum atomic E-state index is 13.5. The van der Waals surface area contributed by atoms with Gasteiger partial charge < -0.3 is 0 Å². The summed E-state index contributed by atoms with van der Waals surface area (Å²) in [4.78, 5) is 0. The fourth-order valence-corrected chi connectivity index (χ4v) is 1.83. The molecule has 0 bridgehead atoms. The summed E-state index contributed by atoms with van der Waals surface area (Å²) >= 11 is 0. The Bertz CT molecular complexity index is 731. The Morgan fingerprint density at radius 2 is 1.04 bits per heavy atom. The summed E-state index contributed by atoms with van der Waals surface area (Å²) in [6, 6.07) is 0. The first-order valence-corrected chi connectivity index (χ1v) is 6.01. The Hall–Kier alpha value is -2.21. The van der Waals surface area contributed by atoms with Gasteiger partial charge in [0.05, 0.1) is 16.7 Å². The quantitative estimate of drug-likeness (QED) is 0.308. The van der Waals surface area contributed by atoms with E-state index in [1.165, 1.54) is 0 Å². The van der Waals surface area contributed by atoms with Crippen LogP contribution in [0.25, 0.3) is 5.57 Å². The molecule has 0 heterocycles. The molecule has 146 valence electrons. The Morgan fingerprint density at radius 1 is 0.654 bits per heavy atom. The summed E-state index contributed by atoms with van der Waals surface area (Å²) in [6.07, 6.45) is -18.2. The molecule has 0 aliphatic heterocycles. The second kappa shape index (κ2) is 7.19. The van der Waals surface area contributed by atoms with Gasteiger partial charge in [0.1, 0.15) is 0 Å². The molecule has 1 aromatic carbocycles. The Morgan fingerprint density at radius 3 is 1.35 bits per heavy atom. The van der Waals surface area contributed by atoms with E-state index in [0.29, 0.717) is 0 Å². The van der Waals surface area contributed by atoms with Gasteiger partial charge in [-0.3, -0.25) is 0 Å². The van der Waals surface area contributed by atoms with Gasteiger partial charge in [-0.15, -0.1) is 0 Å². The molecule has 0 amide bonds. The van der Waals surface area contributed by atoms with Gasteiger partial charge in [-0.1, -0.05) is 0 Å². The fourth-order valence-electron chi connectivity index (χ4n) is 1.83. The third-order valence-corrected chi connectivity index (χ3v) is 2.85. The van der Waals surface area contributed by atoms with Crippen molar-refractivity contribution in [3.05, 3.63) is 52.4 Å². The molecule has 0 saturated heterocycles. The zero-order valence-corrected chi connectivity index (χ0v) is 11.7. The van der Waals surface area contributed by atoms with Crippen molar-refractivity contribution in [1.29, 1.82) is 0 Å². The zero-order chi connectivity index (χ0) is 20.6. The van der Waals surface area contributed by atoms with Crippen LogP contribution in [0.4, 0.5) is 57.1 Å². The van der Waals surface area contributed by atoms with Crippen LogP contribution in [0.15, 0.2) is 17.7 Å². The van der Waals surface area contributed by atoms with Crippen LogP contribution in [-0.2, 0) is 0 Å². The van der Waals surface area contributed by atoms with Crippen LogP contribution in [-0.4, -0.2) is 12.4 Å². The van der Waals surface area contributed by atoms with E-state index in [1.54, 1.807) is 0 Å². The molecule has 0 aliphatic rings. The average Bonchev–Trinajstić information content (AvgIpc) is 2.47. The summed E-state index contributed by atoms with van der Waals surface area (Å²) in [5.41, 5.74) is -9.20. The van der Waals surface area contributed by atoms with Crippen molar-refractivity contribution in [2.75, 3.05) is 0 Å². The second-order valence-electron chi connectivity index (χ2n) is 4.49. The minimum atomic E-state index is -6.30. The molecule has 0 unspecified atom stereocenters. The Kier molecular flexibility index (Phi) is 6.04. The molecular weight excluding hydrogens is 403 g/mol. The Balaban J connectivity index is 4.08. The van der Waals surface area contributed by atoms with E-state index >= 15 is 0 Å². The highest BCUT2D eigenvalue weighted by Gasteiger charge is 2.48. The molecule has 0 spiro atoms. The van der Waals surface area contributed by atoms with Gasteiger partial charge in [-0.2, -0.15) is 35.1 Å². The highest BCUT2D eigenvalue weighted by Crippen LogP contribution is 2.46. The normalized spacial score (nSPS) is 13.6. The summed E-state index contributed by atoms with van der Waals surface area (Å²) < 4.78 is 168. The monoisotopic (exact) mass is 406 g/mol. The molecule has 0 aliphatic carbocycles. The van der Waals surface area contributed by atoms with Gasteiger partial charge in [-0.25, -0.2) is 22.0 Å². The fraction of sp³-hybridized carbons (Fsp3) is 0.231. The largest absolute Gasteiger partial charge is 0.417 e. The van der Waals surface area contributed by atoms with Crippen LogP contribution in [0.3, 0.4) is 0 Å². The van der Waals surface area contributed by atoms with E-state index < -0.39 is 76.7 Å². The lowest BCUT2D eigenvalue weighted by molar-refractivity contribution is -0.102. The number of benzene rings is 1. The molecule has 0 radical (unpaired) electrons. The maximum Gasteiger partial charge on any atom is 0.417 e. The number of hydrogen-bond acceptors (Lipinski definition) is 0. The van der Waals surface area contributed by atoms with E-state index in [0.717, 1.165) is 0 Å². The molecule has 0 nitrogen and oxygen atoms in total. The van der Waals surface area contributed by atoms with Gasteiger partial charge in [0.15, 0.2) is 23.3 Å². The van der Waals surface area contributed by atoms with E-state index in [2.05, 4.69) is 0 Å². The highest BCUT2D eigenvalue weighted by atomic mass is 19.4. The van der Waals surface area contributed by atoms with Crippen molar-refractivity contribution in [2.45, 2.75) is 18.8 Å².